The van der Waals surface area contributed by atoms with E-state index in [0.29, 0.717) is 18.8 Å². The third-order valence-corrected chi connectivity index (χ3v) is 3.66. The Bertz CT molecular complexity index is 458. The molecule has 6 heteroatoms. The van der Waals surface area contributed by atoms with Crippen LogP contribution in [0.5, 0.6) is 0 Å². The van der Waals surface area contributed by atoms with Crippen LogP contribution < -0.4 is 5.32 Å². The minimum atomic E-state index is -0.0916. The molecule has 1 aromatic rings. The van der Waals surface area contributed by atoms with Gasteiger partial charge < -0.3 is 15.2 Å². The molecule has 2 N–H and O–H groups in total. The van der Waals surface area contributed by atoms with E-state index in [2.05, 4.69) is 26.2 Å². The van der Waals surface area contributed by atoms with Gasteiger partial charge in [-0.3, -0.25) is 9.59 Å². The zero-order valence-corrected chi connectivity index (χ0v) is 11.8. The Balaban J connectivity index is 2.05. The van der Waals surface area contributed by atoms with Crippen LogP contribution >= 0.6 is 15.9 Å². The van der Waals surface area contributed by atoms with Gasteiger partial charge in [0.1, 0.15) is 5.69 Å². The summed E-state index contributed by atoms with van der Waals surface area (Å²) in [4.78, 5) is 28.5. The van der Waals surface area contributed by atoms with E-state index in [1.807, 2.05) is 0 Å². The summed E-state index contributed by atoms with van der Waals surface area (Å²) in [6.45, 7) is 1.21. The van der Waals surface area contributed by atoms with E-state index in [-0.39, 0.29) is 17.7 Å². The number of rotatable bonds is 2. The molecular formula is C12H16BrN3O2. The highest BCUT2D eigenvalue weighted by atomic mass is 79.9. The van der Waals surface area contributed by atoms with Crippen LogP contribution in [0.1, 0.15) is 23.3 Å². The lowest BCUT2D eigenvalue weighted by molar-refractivity contribution is -0.125. The number of nitrogens with zero attached hydrogens (tertiary/aromatic N) is 1. The SMILES string of the molecule is CNC(=O)C1CCCN(C(=O)c2cc(Br)c[nH]2)C1. The molecule has 0 radical (unpaired) electrons. The Morgan fingerprint density at radius 1 is 1.56 bits per heavy atom. The Kier molecular flexibility index (Phi) is 4.06. The van der Waals surface area contributed by atoms with Crippen LogP contribution in [-0.2, 0) is 4.79 Å². The summed E-state index contributed by atoms with van der Waals surface area (Å²) in [6.07, 6.45) is 3.44. The predicted octanol–water partition coefficient (Wildman–Crippen LogP) is 1.38. The number of amides is 2. The molecule has 98 valence electrons. The number of halogens is 1. The van der Waals surface area contributed by atoms with Crippen molar-refractivity contribution in [2.45, 2.75) is 12.8 Å². The first-order chi connectivity index (χ1) is 8.61. The number of hydrogen-bond acceptors (Lipinski definition) is 2. The van der Waals surface area contributed by atoms with Crippen LogP contribution in [0.25, 0.3) is 0 Å². The summed E-state index contributed by atoms with van der Waals surface area (Å²) in [7, 11) is 1.63. The van der Waals surface area contributed by atoms with Gasteiger partial charge in [-0.1, -0.05) is 0 Å². The molecular weight excluding hydrogens is 298 g/mol. The van der Waals surface area contributed by atoms with Crippen LogP contribution in [-0.4, -0.2) is 41.8 Å². The fourth-order valence-corrected chi connectivity index (χ4v) is 2.58. The number of piperidine rings is 1. The lowest BCUT2D eigenvalue weighted by Gasteiger charge is -2.31. The molecule has 0 saturated carbocycles. The minimum absolute atomic E-state index is 0.0140. The second kappa shape index (κ2) is 5.56. The third-order valence-electron chi connectivity index (χ3n) is 3.20. The molecule has 2 rings (SSSR count). The van der Waals surface area contributed by atoms with Gasteiger partial charge in [0, 0.05) is 30.8 Å². The average molecular weight is 314 g/mol. The third kappa shape index (κ3) is 2.75. The topological polar surface area (TPSA) is 65.2 Å². The maximum Gasteiger partial charge on any atom is 0.270 e. The quantitative estimate of drug-likeness (QED) is 0.866. The van der Waals surface area contributed by atoms with Gasteiger partial charge in [-0.05, 0) is 34.8 Å². The van der Waals surface area contributed by atoms with E-state index in [0.717, 1.165) is 17.3 Å². The number of likely N-dealkylation sites (tertiary alicyclic amines) is 1. The first-order valence-corrected chi connectivity index (χ1v) is 6.76. The summed E-state index contributed by atoms with van der Waals surface area (Å²) < 4.78 is 0.853. The maximum absolute atomic E-state index is 12.2. The Morgan fingerprint density at radius 2 is 2.33 bits per heavy atom. The van der Waals surface area contributed by atoms with Crippen molar-refractivity contribution in [1.82, 2.24) is 15.2 Å². The molecule has 2 heterocycles. The van der Waals surface area contributed by atoms with Crippen LogP contribution in [0.4, 0.5) is 0 Å². The molecule has 0 aliphatic carbocycles. The molecule has 2 amide bonds. The highest BCUT2D eigenvalue weighted by molar-refractivity contribution is 9.10. The Labute approximate surface area is 114 Å². The molecule has 1 saturated heterocycles. The van der Waals surface area contributed by atoms with Crippen molar-refractivity contribution in [2.75, 3.05) is 20.1 Å². The molecule has 0 aromatic carbocycles. The van der Waals surface area contributed by atoms with Crippen molar-refractivity contribution in [3.63, 3.8) is 0 Å². The highest BCUT2D eigenvalue weighted by Gasteiger charge is 2.28. The van der Waals surface area contributed by atoms with Gasteiger partial charge in [0.25, 0.3) is 5.91 Å². The number of carbonyl (C=O) groups excluding carboxylic acids is 2. The average Bonchev–Trinajstić information content (AvgIpc) is 2.83. The molecule has 1 aliphatic heterocycles. The highest BCUT2D eigenvalue weighted by Crippen LogP contribution is 2.19. The van der Waals surface area contributed by atoms with E-state index < -0.39 is 0 Å². The van der Waals surface area contributed by atoms with Gasteiger partial charge in [0.15, 0.2) is 0 Å². The smallest absolute Gasteiger partial charge is 0.270 e. The van der Waals surface area contributed by atoms with Crippen LogP contribution in [0.2, 0.25) is 0 Å². The maximum atomic E-state index is 12.2. The Morgan fingerprint density at radius 3 is 2.94 bits per heavy atom. The molecule has 1 aliphatic rings. The molecule has 0 bridgehead atoms. The number of hydrogen-bond donors (Lipinski definition) is 2. The van der Waals surface area contributed by atoms with Crippen LogP contribution in [0.3, 0.4) is 0 Å². The number of nitrogens with one attached hydrogen (secondary N) is 2. The number of aromatic amines is 1. The molecule has 5 nitrogen and oxygen atoms in total. The van der Waals surface area contributed by atoms with Gasteiger partial charge in [-0.15, -0.1) is 0 Å². The second-order valence-corrected chi connectivity index (χ2v) is 5.35. The normalized spacial score (nSPS) is 19.7. The van der Waals surface area contributed by atoms with E-state index in [4.69, 9.17) is 0 Å². The van der Waals surface area contributed by atoms with Gasteiger partial charge in [-0.25, -0.2) is 0 Å². The largest absolute Gasteiger partial charge is 0.359 e. The first-order valence-electron chi connectivity index (χ1n) is 5.96. The van der Waals surface area contributed by atoms with Gasteiger partial charge in [0.2, 0.25) is 5.91 Å². The van der Waals surface area contributed by atoms with Crippen molar-refractivity contribution in [2.24, 2.45) is 5.92 Å². The summed E-state index contributed by atoms with van der Waals surface area (Å²) in [5.74, 6) is -0.124. The fourth-order valence-electron chi connectivity index (χ4n) is 2.24. The van der Waals surface area contributed by atoms with E-state index in [1.165, 1.54) is 0 Å². The Hall–Kier alpha value is -1.30. The summed E-state index contributed by atoms with van der Waals surface area (Å²) >= 11 is 3.30. The van der Waals surface area contributed by atoms with Crippen molar-refractivity contribution >= 4 is 27.7 Å². The second-order valence-electron chi connectivity index (χ2n) is 4.44. The molecule has 0 spiro atoms. The number of aromatic nitrogens is 1. The van der Waals surface area contributed by atoms with Gasteiger partial charge >= 0.3 is 0 Å². The zero-order valence-electron chi connectivity index (χ0n) is 10.2. The number of H-pyrrole nitrogens is 1. The minimum Gasteiger partial charge on any atom is -0.359 e. The van der Waals surface area contributed by atoms with E-state index in [1.54, 1.807) is 24.2 Å². The van der Waals surface area contributed by atoms with Crippen molar-refractivity contribution < 1.29 is 9.59 Å². The fraction of sp³-hybridized carbons (Fsp3) is 0.500. The van der Waals surface area contributed by atoms with E-state index >= 15 is 0 Å². The molecule has 1 fully saturated rings. The van der Waals surface area contributed by atoms with Gasteiger partial charge in [-0.2, -0.15) is 0 Å². The predicted molar refractivity (Wildman–Crippen MR) is 71.2 cm³/mol. The van der Waals surface area contributed by atoms with Crippen molar-refractivity contribution in [3.05, 3.63) is 22.4 Å². The monoisotopic (exact) mass is 313 g/mol. The van der Waals surface area contributed by atoms with Crippen LogP contribution in [0, 0.1) is 5.92 Å². The van der Waals surface area contributed by atoms with E-state index in [9.17, 15) is 9.59 Å². The van der Waals surface area contributed by atoms with Gasteiger partial charge in [0.05, 0.1) is 5.92 Å². The summed E-state index contributed by atoms with van der Waals surface area (Å²) in [5, 5.41) is 2.65. The zero-order chi connectivity index (χ0) is 13.1. The molecule has 1 aromatic heterocycles. The summed E-state index contributed by atoms with van der Waals surface area (Å²) in [6, 6.07) is 1.76. The molecule has 1 unspecified atom stereocenters. The van der Waals surface area contributed by atoms with Crippen LogP contribution in [0.15, 0.2) is 16.7 Å². The standard InChI is InChI=1S/C12H16BrN3O2/c1-14-11(17)8-3-2-4-16(7-8)12(18)10-5-9(13)6-15-10/h5-6,8,15H,2-4,7H2,1H3,(H,14,17). The molecule has 1 atom stereocenters. The number of carbonyl (C=O) groups is 2. The summed E-state index contributed by atoms with van der Waals surface area (Å²) in [5.41, 5.74) is 0.555. The first kappa shape index (κ1) is 13.1. The lowest BCUT2D eigenvalue weighted by Crippen LogP contribution is -2.44. The van der Waals surface area contributed by atoms with Crippen molar-refractivity contribution in [3.8, 4) is 0 Å². The molecule has 18 heavy (non-hydrogen) atoms. The van der Waals surface area contributed by atoms with Crippen molar-refractivity contribution in [1.29, 1.82) is 0 Å². The lowest BCUT2D eigenvalue weighted by atomic mass is 9.97.